The molecule has 86 valence electrons. The predicted octanol–water partition coefficient (Wildman–Crippen LogP) is 0.643. The van der Waals surface area contributed by atoms with Gasteiger partial charge in [-0.1, -0.05) is 26.7 Å². The Hall–Kier alpha value is -0.160. The summed E-state index contributed by atoms with van der Waals surface area (Å²) >= 11 is 0. The SMILES string of the molecule is CCCC(O)COC(O)C(O)CCC. The van der Waals surface area contributed by atoms with Crippen LogP contribution >= 0.6 is 0 Å². The average Bonchev–Trinajstić information content (AvgIpc) is 2.15. The van der Waals surface area contributed by atoms with Crippen LogP contribution in [0.15, 0.2) is 0 Å². The van der Waals surface area contributed by atoms with Crippen LogP contribution in [0.2, 0.25) is 0 Å². The van der Waals surface area contributed by atoms with E-state index >= 15 is 0 Å². The molecule has 0 aliphatic rings. The van der Waals surface area contributed by atoms with Crippen molar-refractivity contribution in [2.75, 3.05) is 6.61 Å². The summed E-state index contributed by atoms with van der Waals surface area (Å²) in [6.07, 6.45) is 0.234. The van der Waals surface area contributed by atoms with E-state index in [1.165, 1.54) is 0 Å². The van der Waals surface area contributed by atoms with E-state index in [4.69, 9.17) is 4.74 Å². The van der Waals surface area contributed by atoms with Crippen LogP contribution in [0.4, 0.5) is 0 Å². The molecule has 3 unspecified atom stereocenters. The fourth-order valence-corrected chi connectivity index (χ4v) is 1.18. The van der Waals surface area contributed by atoms with Crippen molar-refractivity contribution in [3.05, 3.63) is 0 Å². The van der Waals surface area contributed by atoms with Crippen LogP contribution in [-0.2, 0) is 4.74 Å². The van der Waals surface area contributed by atoms with E-state index in [9.17, 15) is 15.3 Å². The molecule has 3 N–H and O–H groups in total. The highest BCUT2D eigenvalue weighted by atomic mass is 16.6. The quantitative estimate of drug-likeness (QED) is 0.510. The summed E-state index contributed by atoms with van der Waals surface area (Å²) in [6.45, 7) is 3.96. The standard InChI is InChI=1S/C10H22O4/c1-3-5-8(11)7-14-10(13)9(12)6-4-2/h8-13H,3-7H2,1-2H3. The third kappa shape index (κ3) is 6.32. The van der Waals surface area contributed by atoms with Gasteiger partial charge < -0.3 is 20.1 Å². The van der Waals surface area contributed by atoms with Gasteiger partial charge in [-0.25, -0.2) is 0 Å². The molecule has 0 aromatic carbocycles. The van der Waals surface area contributed by atoms with Crippen LogP contribution in [0.25, 0.3) is 0 Å². The second-order valence-corrected chi connectivity index (χ2v) is 3.52. The first-order valence-electron chi connectivity index (χ1n) is 5.27. The largest absolute Gasteiger partial charge is 0.391 e. The van der Waals surface area contributed by atoms with Crippen molar-refractivity contribution in [3.63, 3.8) is 0 Å². The fraction of sp³-hybridized carbons (Fsp3) is 1.00. The Kier molecular flexibility index (Phi) is 8.08. The van der Waals surface area contributed by atoms with Gasteiger partial charge in [0.05, 0.1) is 12.7 Å². The molecule has 0 rings (SSSR count). The highest BCUT2D eigenvalue weighted by molar-refractivity contribution is 4.59. The van der Waals surface area contributed by atoms with Crippen molar-refractivity contribution in [1.82, 2.24) is 0 Å². The van der Waals surface area contributed by atoms with Gasteiger partial charge in [-0.15, -0.1) is 0 Å². The van der Waals surface area contributed by atoms with E-state index in [0.29, 0.717) is 12.8 Å². The van der Waals surface area contributed by atoms with Crippen LogP contribution in [-0.4, -0.2) is 40.4 Å². The number of rotatable bonds is 8. The van der Waals surface area contributed by atoms with Gasteiger partial charge in [0.1, 0.15) is 6.10 Å². The third-order valence-corrected chi connectivity index (χ3v) is 1.99. The summed E-state index contributed by atoms with van der Waals surface area (Å²) in [5.74, 6) is 0. The number of aliphatic hydroxyl groups is 3. The molecule has 4 heteroatoms. The second-order valence-electron chi connectivity index (χ2n) is 3.52. The molecule has 0 saturated carbocycles. The Balaban J connectivity index is 3.56. The summed E-state index contributed by atoms with van der Waals surface area (Å²) in [4.78, 5) is 0. The Labute approximate surface area is 85.5 Å². The lowest BCUT2D eigenvalue weighted by Crippen LogP contribution is -2.31. The van der Waals surface area contributed by atoms with Crippen LogP contribution in [0.3, 0.4) is 0 Å². The fourth-order valence-electron chi connectivity index (χ4n) is 1.18. The van der Waals surface area contributed by atoms with E-state index < -0.39 is 18.5 Å². The van der Waals surface area contributed by atoms with Crippen molar-refractivity contribution in [2.24, 2.45) is 0 Å². The molecule has 0 bridgehead atoms. The van der Waals surface area contributed by atoms with E-state index in [-0.39, 0.29) is 6.61 Å². The molecule has 0 aliphatic carbocycles. The van der Waals surface area contributed by atoms with Gasteiger partial charge >= 0.3 is 0 Å². The maximum Gasteiger partial charge on any atom is 0.180 e. The first-order chi connectivity index (χ1) is 6.61. The molecule has 3 atom stereocenters. The van der Waals surface area contributed by atoms with Gasteiger partial charge in [0.25, 0.3) is 0 Å². The van der Waals surface area contributed by atoms with Gasteiger partial charge in [-0.2, -0.15) is 0 Å². The highest BCUT2D eigenvalue weighted by Crippen LogP contribution is 2.05. The lowest BCUT2D eigenvalue weighted by molar-refractivity contribution is -0.176. The molecule has 0 aliphatic heterocycles. The van der Waals surface area contributed by atoms with Gasteiger partial charge in [0.2, 0.25) is 0 Å². The molecular formula is C10H22O4. The molecule has 0 fully saturated rings. The van der Waals surface area contributed by atoms with Crippen molar-refractivity contribution in [2.45, 2.75) is 58.0 Å². The number of aliphatic hydroxyl groups excluding tert-OH is 3. The molecule has 0 amide bonds. The molecule has 0 saturated heterocycles. The Morgan fingerprint density at radius 3 is 2.07 bits per heavy atom. The summed E-state index contributed by atoms with van der Waals surface area (Å²) in [5, 5.41) is 27.9. The summed E-state index contributed by atoms with van der Waals surface area (Å²) in [5.41, 5.74) is 0. The van der Waals surface area contributed by atoms with Crippen molar-refractivity contribution in [1.29, 1.82) is 0 Å². The first-order valence-corrected chi connectivity index (χ1v) is 5.27. The van der Waals surface area contributed by atoms with Gasteiger partial charge in [-0.3, -0.25) is 0 Å². The van der Waals surface area contributed by atoms with Gasteiger partial charge in [-0.05, 0) is 12.8 Å². The minimum absolute atomic E-state index is 0.0791. The van der Waals surface area contributed by atoms with E-state index in [1.54, 1.807) is 0 Å². The maximum absolute atomic E-state index is 9.30. The first kappa shape index (κ1) is 13.8. The number of hydrogen-bond acceptors (Lipinski definition) is 4. The highest BCUT2D eigenvalue weighted by Gasteiger charge is 2.16. The van der Waals surface area contributed by atoms with Crippen molar-refractivity contribution >= 4 is 0 Å². The third-order valence-electron chi connectivity index (χ3n) is 1.99. The Morgan fingerprint density at radius 1 is 1.00 bits per heavy atom. The van der Waals surface area contributed by atoms with Crippen LogP contribution < -0.4 is 0 Å². The zero-order valence-electron chi connectivity index (χ0n) is 9.02. The molecular weight excluding hydrogens is 184 g/mol. The topological polar surface area (TPSA) is 69.9 Å². The minimum atomic E-state index is -1.18. The lowest BCUT2D eigenvalue weighted by atomic mass is 10.2. The molecule has 0 spiro atoms. The Bertz CT molecular complexity index is 129. The molecule has 0 heterocycles. The molecule has 4 nitrogen and oxygen atoms in total. The van der Waals surface area contributed by atoms with E-state index in [2.05, 4.69) is 0 Å². The molecule has 14 heavy (non-hydrogen) atoms. The van der Waals surface area contributed by atoms with Crippen LogP contribution in [0, 0.1) is 0 Å². The maximum atomic E-state index is 9.30. The zero-order chi connectivity index (χ0) is 11.0. The molecule has 0 aromatic heterocycles. The zero-order valence-corrected chi connectivity index (χ0v) is 9.02. The van der Waals surface area contributed by atoms with Crippen LogP contribution in [0.5, 0.6) is 0 Å². The monoisotopic (exact) mass is 206 g/mol. The van der Waals surface area contributed by atoms with E-state index in [1.807, 2.05) is 13.8 Å². The molecule has 0 aromatic rings. The van der Waals surface area contributed by atoms with Crippen molar-refractivity contribution < 1.29 is 20.1 Å². The minimum Gasteiger partial charge on any atom is -0.391 e. The normalized spacial score (nSPS) is 17.8. The Morgan fingerprint density at radius 2 is 1.57 bits per heavy atom. The average molecular weight is 206 g/mol. The number of ether oxygens (including phenoxy) is 1. The lowest BCUT2D eigenvalue weighted by Gasteiger charge is -2.19. The summed E-state index contributed by atoms with van der Waals surface area (Å²) in [7, 11) is 0. The molecule has 0 radical (unpaired) electrons. The van der Waals surface area contributed by atoms with Gasteiger partial charge in [0.15, 0.2) is 6.29 Å². The van der Waals surface area contributed by atoms with Crippen LogP contribution in [0.1, 0.15) is 39.5 Å². The second kappa shape index (κ2) is 8.17. The smallest absolute Gasteiger partial charge is 0.180 e. The predicted molar refractivity (Wildman–Crippen MR) is 53.8 cm³/mol. The summed E-state index contributed by atoms with van der Waals surface area (Å²) in [6, 6.07) is 0. The van der Waals surface area contributed by atoms with Crippen molar-refractivity contribution in [3.8, 4) is 0 Å². The van der Waals surface area contributed by atoms with E-state index in [0.717, 1.165) is 12.8 Å². The summed E-state index contributed by atoms with van der Waals surface area (Å²) < 4.78 is 4.93. The van der Waals surface area contributed by atoms with Gasteiger partial charge in [0, 0.05) is 0 Å². The number of hydrogen-bond donors (Lipinski definition) is 3.